The molecule has 4 heterocycles. The number of fused-ring (bicyclic) bond motifs is 5. The Morgan fingerprint density at radius 3 is 2.07 bits per heavy atom. The van der Waals surface area contributed by atoms with E-state index in [1.54, 1.807) is 18.2 Å². The van der Waals surface area contributed by atoms with E-state index >= 15 is 0 Å². The van der Waals surface area contributed by atoms with E-state index in [-0.39, 0.29) is 29.9 Å². The van der Waals surface area contributed by atoms with Crippen molar-refractivity contribution in [2.45, 2.75) is 101 Å². The molecule has 13 heteroatoms. The first-order valence-electron chi connectivity index (χ1n) is 19.2. The first kappa shape index (κ1) is 35.5. The molecule has 3 aromatic rings. The molecule has 1 unspecified atom stereocenters. The van der Waals surface area contributed by atoms with Crippen LogP contribution in [-0.4, -0.2) is 75.6 Å². The molecule has 10 rings (SSSR count). The highest BCUT2D eigenvalue weighted by molar-refractivity contribution is 6.31. The van der Waals surface area contributed by atoms with Gasteiger partial charge in [-0.05, 0) is 117 Å². The molecule has 2 saturated heterocycles. The number of hydrogen-bond donors (Lipinski definition) is 2. The summed E-state index contributed by atoms with van der Waals surface area (Å²) in [7, 11) is 0. The number of ether oxygens (including phenoxy) is 1. The van der Waals surface area contributed by atoms with Gasteiger partial charge < -0.3 is 15.0 Å². The summed E-state index contributed by atoms with van der Waals surface area (Å²) >= 11 is 6.24. The van der Waals surface area contributed by atoms with E-state index in [4.69, 9.17) is 16.3 Å². The summed E-state index contributed by atoms with van der Waals surface area (Å²) in [5, 5.41) is 15.2. The third-order valence-electron chi connectivity index (χ3n) is 12.9. The second-order valence-electron chi connectivity index (χ2n) is 16.1. The van der Waals surface area contributed by atoms with Crippen LogP contribution >= 0.6 is 11.6 Å². The van der Waals surface area contributed by atoms with Crippen molar-refractivity contribution in [1.82, 2.24) is 20.4 Å². The van der Waals surface area contributed by atoms with Crippen molar-refractivity contribution in [1.29, 1.82) is 5.26 Å². The number of nitrogens with zero attached hydrogens (tertiary/aromatic N) is 4. The maximum Gasteiger partial charge on any atom is 0.262 e. The fourth-order valence-corrected chi connectivity index (χ4v) is 9.88. The minimum atomic E-state index is -0.967. The van der Waals surface area contributed by atoms with E-state index < -0.39 is 29.7 Å². The van der Waals surface area contributed by atoms with Crippen molar-refractivity contribution in [3.8, 4) is 11.8 Å². The average molecular weight is 761 g/mol. The number of piperidine rings is 2. The normalized spacial score (nSPS) is 26.4. The van der Waals surface area contributed by atoms with Gasteiger partial charge in [-0.15, -0.1) is 0 Å². The fraction of sp³-hybridized carbons (Fsp3) is 0.429. The molecule has 5 fully saturated rings. The van der Waals surface area contributed by atoms with Crippen LogP contribution in [0.25, 0.3) is 0 Å². The average Bonchev–Trinajstić information content (AvgIpc) is 3.72. The smallest absolute Gasteiger partial charge is 0.262 e. The van der Waals surface area contributed by atoms with E-state index in [2.05, 4.69) is 26.5 Å². The minimum Gasteiger partial charge on any atom is -0.487 e. The standard InChI is InChI=1S/C42H41ClN6O6/c43-34-21-31(6-3-26(34)22-44)55-42-14-11-41(12-15-42,13-16-42)46-37(51)25-1-4-29(5-2-25)47-17-9-30(10-18-47)48-23-27-19-32-33(20-28(27)24-48)40(54)49(39(32)53)35-7-8-36(50)45-38(35)52/h1-6,19-21,30,35H,7-18,23-24H2,(H,46,51)(H,45,50,52). The SMILES string of the molecule is N#Cc1ccc(OC23CCC(NC(=O)c4ccc(N5CCC(N6Cc7cc8c(cc7C6)C(=O)N(C6CCC(=O)NC6=O)C8=O)CC5)cc4)(CC2)CC3)cc1Cl. The molecule has 3 aromatic carbocycles. The van der Waals surface area contributed by atoms with Crippen LogP contribution in [0, 0.1) is 11.3 Å². The van der Waals surface area contributed by atoms with E-state index in [9.17, 15) is 29.2 Å². The van der Waals surface area contributed by atoms with E-state index in [0.717, 1.165) is 86.2 Å². The Kier molecular flexibility index (Phi) is 8.70. The molecule has 55 heavy (non-hydrogen) atoms. The maximum absolute atomic E-state index is 13.5. The van der Waals surface area contributed by atoms with Crippen molar-refractivity contribution in [3.05, 3.63) is 93.0 Å². The molecule has 0 aromatic heterocycles. The number of carbonyl (C=O) groups excluding carboxylic acids is 5. The molecule has 0 spiro atoms. The Bertz CT molecular complexity index is 2120. The zero-order valence-electron chi connectivity index (χ0n) is 30.4. The first-order valence-corrected chi connectivity index (χ1v) is 19.6. The van der Waals surface area contributed by atoms with Crippen molar-refractivity contribution in [3.63, 3.8) is 0 Å². The number of benzene rings is 3. The number of halogens is 1. The fourth-order valence-electron chi connectivity index (χ4n) is 9.67. The predicted octanol–water partition coefficient (Wildman–Crippen LogP) is 5.25. The van der Waals surface area contributed by atoms with Gasteiger partial charge in [0.15, 0.2) is 0 Å². The Balaban J connectivity index is 0.766. The van der Waals surface area contributed by atoms with Crippen LogP contribution in [0.5, 0.6) is 5.75 Å². The molecule has 1 atom stereocenters. The lowest BCUT2D eigenvalue weighted by Gasteiger charge is -2.53. The number of anilines is 1. The summed E-state index contributed by atoms with van der Waals surface area (Å²) in [5.74, 6) is -1.31. The summed E-state index contributed by atoms with van der Waals surface area (Å²) < 4.78 is 6.46. The number of amides is 5. The summed E-state index contributed by atoms with van der Waals surface area (Å²) in [6.45, 7) is 3.13. The van der Waals surface area contributed by atoms with Gasteiger partial charge in [0.1, 0.15) is 23.5 Å². The molecule has 4 aliphatic heterocycles. The molecular formula is C42H41ClN6O6. The number of hydrogen-bond acceptors (Lipinski definition) is 9. The topological polar surface area (TPSA) is 152 Å². The highest BCUT2D eigenvalue weighted by Crippen LogP contribution is 2.49. The molecule has 7 aliphatic rings. The lowest BCUT2D eigenvalue weighted by atomic mass is 9.63. The molecule has 3 aliphatic carbocycles. The lowest BCUT2D eigenvalue weighted by Crippen LogP contribution is -2.60. The molecule has 12 nitrogen and oxygen atoms in total. The first-order chi connectivity index (χ1) is 26.5. The van der Waals surface area contributed by atoms with Crippen LogP contribution in [0.4, 0.5) is 5.69 Å². The highest BCUT2D eigenvalue weighted by atomic mass is 35.5. The van der Waals surface area contributed by atoms with Gasteiger partial charge in [0.2, 0.25) is 11.8 Å². The van der Waals surface area contributed by atoms with Gasteiger partial charge in [0, 0.05) is 61.5 Å². The Morgan fingerprint density at radius 2 is 1.49 bits per heavy atom. The van der Waals surface area contributed by atoms with Crippen LogP contribution in [0.15, 0.2) is 54.6 Å². The Morgan fingerprint density at radius 1 is 0.855 bits per heavy atom. The molecule has 2 N–H and O–H groups in total. The van der Waals surface area contributed by atoms with Crippen molar-refractivity contribution >= 4 is 46.8 Å². The predicted molar refractivity (Wildman–Crippen MR) is 201 cm³/mol. The lowest BCUT2D eigenvalue weighted by molar-refractivity contribution is -0.136. The second-order valence-corrected chi connectivity index (χ2v) is 16.5. The number of nitriles is 1. The summed E-state index contributed by atoms with van der Waals surface area (Å²) in [4.78, 5) is 70.0. The number of imide groups is 2. The second kappa shape index (κ2) is 13.5. The van der Waals surface area contributed by atoms with Gasteiger partial charge >= 0.3 is 0 Å². The van der Waals surface area contributed by atoms with Gasteiger partial charge in [0.05, 0.1) is 21.7 Å². The van der Waals surface area contributed by atoms with Crippen LogP contribution in [-0.2, 0) is 22.7 Å². The molecule has 2 bridgehead atoms. The molecular weight excluding hydrogens is 720 g/mol. The number of nitrogens with one attached hydrogen (secondary N) is 2. The zero-order valence-corrected chi connectivity index (χ0v) is 31.1. The molecule has 3 saturated carbocycles. The quantitative estimate of drug-likeness (QED) is 0.308. The van der Waals surface area contributed by atoms with E-state index in [1.807, 2.05) is 36.4 Å². The minimum absolute atomic E-state index is 0.0499. The maximum atomic E-state index is 13.5. The number of rotatable bonds is 7. The van der Waals surface area contributed by atoms with Crippen LogP contribution in [0.1, 0.15) is 112 Å². The van der Waals surface area contributed by atoms with E-state index in [0.29, 0.717) is 52.2 Å². The number of carbonyl (C=O) groups is 5. The van der Waals surface area contributed by atoms with Gasteiger partial charge in [-0.2, -0.15) is 5.26 Å². The molecule has 282 valence electrons. The van der Waals surface area contributed by atoms with Crippen molar-refractivity contribution in [2.24, 2.45) is 0 Å². The van der Waals surface area contributed by atoms with Gasteiger partial charge in [0.25, 0.3) is 17.7 Å². The third-order valence-corrected chi connectivity index (χ3v) is 13.2. The highest BCUT2D eigenvalue weighted by Gasteiger charge is 2.51. The van der Waals surface area contributed by atoms with Gasteiger partial charge in [-0.1, -0.05) is 11.6 Å². The summed E-state index contributed by atoms with van der Waals surface area (Å²) in [6, 6.07) is 18.2. The van der Waals surface area contributed by atoms with Crippen LogP contribution in [0.2, 0.25) is 5.02 Å². The summed E-state index contributed by atoms with van der Waals surface area (Å²) in [5.41, 5.74) is 4.38. The van der Waals surface area contributed by atoms with Gasteiger partial charge in [-0.25, -0.2) is 0 Å². The summed E-state index contributed by atoms with van der Waals surface area (Å²) in [6.07, 6.45) is 7.23. The Labute approximate surface area is 323 Å². The third kappa shape index (κ3) is 6.33. The Hall–Kier alpha value is -5.25. The largest absolute Gasteiger partial charge is 0.487 e. The van der Waals surface area contributed by atoms with Crippen LogP contribution < -0.4 is 20.3 Å². The van der Waals surface area contributed by atoms with Gasteiger partial charge in [-0.3, -0.25) is 39.1 Å². The van der Waals surface area contributed by atoms with Crippen molar-refractivity contribution < 1.29 is 28.7 Å². The monoisotopic (exact) mass is 760 g/mol. The zero-order chi connectivity index (χ0) is 38.1. The molecule has 5 amide bonds. The van der Waals surface area contributed by atoms with Crippen LogP contribution in [0.3, 0.4) is 0 Å². The van der Waals surface area contributed by atoms with Crippen molar-refractivity contribution in [2.75, 3.05) is 18.0 Å². The van der Waals surface area contributed by atoms with E-state index in [1.165, 1.54) is 0 Å². The molecule has 0 radical (unpaired) electrons.